The third kappa shape index (κ3) is 4.06. The molecule has 3 nitrogen and oxygen atoms in total. The average molecular weight is 238 g/mol. The highest BCUT2D eigenvalue weighted by atomic mass is 19.1. The molecule has 1 aliphatic heterocycles. The quantitative estimate of drug-likeness (QED) is 0.703. The Hall–Kier alpha value is -1.58. The predicted molar refractivity (Wildman–Crippen MR) is 67.0 cm³/mol. The molecule has 0 saturated carbocycles. The van der Waals surface area contributed by atoms with Crippen molar-refractivity contribution < 1.29 is 9.18 Å². The number of piperazine rings is 1. The highest BCUT2D eigenvalue weighted by Gasteiger charge is 2.18. The lowest BCUT2D eigenvalue weighted by Crippen LogP contribution is -2.47. The Kier molecular flexibility index (Phi) is 5.46. The zero-order valence-corrected chi connectivity index (χ0v) is 10.4. The Bertz CT molecular complexity index is 339. The Morgan fingerprint density at radius 1 is 1.18 bits per heavy atom. The van der Waals surface area contributed by atoms with Crippen molar-refractivity contribution in [3.8, 4) is 0 Å². The highest BCUT2D eigenvalue weighted by Crippen LogP contribution is 2.11. The van der Waals surface area contributed by atoms with Crippen LogP contribution in [-0.4, -0.2) is 41.9 Å². The first kappa shape index (κ1) is 13.5. The summed E-state index contributed by atoms with van der Waals surface area (Å²) in [5.41, 5.74) is 0.976. The van der Waals surface area contributed by atoms with Crippen LogP contribution in [-0.2, 0) is 4.79 Å². The first-order valence-electron chi connectivity index (χ1n) is 5.79. The van der Waals surface area contributed by atoms with Gasteiger partial charge in [0, 0.05) is 38.8 Å². The maximum atomic E-state index is 12.0. The molecule has 0 atom stereocenters. The fourth-order valence-electron chi connectivity index (χ4n) is 1.85. The van der Waals surface area contributed by atoms with Gasteiger partial charge >= 0.3 is 0 Å². The van der Waals surface area contributed by atoms with Gasteiger partial charge in [0.1, 0.15) is 0 Å². The van der Waals surface area contributed by atoms with Gasteiger partial charge in [-0.3, -0.25) is 4.79 Å². The highest BCUT2D eigenvalue weighted by molar-refractivity contribution is 5.73. The van der Waals surface area contributed by atoms with E-state index in [0.717, 1.165) is 31.9 Å². The van der Waals surface area contributed by atoms with Crippen LogP contribution in [0, 0.1) is 0 Å². The minimum absolute atomic E-state index is 0.116. The van der Waals surface area contributed by atoms with Crippen LogP contribution in [0.4, 0.5) is 4.39 Å². The third-order valence-corrected chi connectivity index (χ3v) is 2.77. The van der Waals surface area contributed by atoms with Gasteiger partial charge in [-0.2, -0.15) is 0 Å². The van der Waals surface area contributed by atoms with Crippen molar-refractivity contribution in [1.82, 2.24) is 9.80 Å². The number of carbonyl (C=O) groups excluding carboxylic acids is 1. The third-order valence-electron chi connectivity index (χ3n) is 2.77. The zero-order chi connectivity index (χ0) is 12.7. The van der Waals surface area contributed by atoms with Crippen LogP contribution in [0.1, 0.15) is 13.8 Å². The molecule has 17 heavy (non-hydrogen) atoms. The van der Waals surface area contributed by atoms with Crippen LogP contribution >= 0.6 is 0 Å². The molecule has 1 rings (SSSR count). The SMILES string of the molecule is C\C=C/C(=C\C=C/F)N1CCN(C(C)=O)CC1. The van der Waals surface area contributed by atoms with Crippen molar-refractivity contribution >= 4 is 5.91 Å². The number of amides is 1. The molecule has 0 unspecified atom stereocenters. The molecule has 0 aromatic rings. The molecule has 1 fully saturated rings. The van der Waals surface area contributed by atoms with Crippen LogP contribution in [0.3, 0.4) is 0 Å². The van der Waals surface area contributed by atoms with Crippen LogP contribution in [0.25, 0.3) is 0 Å². The Morgan fingerprint density at radius 3 is 2.24 bits per heavy atom. The second-order valence-electron chi connectivity index (χ2n) is 3.90. The zero-order valence-electron chi connectivity index (χ0n) is 10.4. The van der Waals surface area contributed by atoms with E-state index >= 15 is 0 Å². The first-order chi connectivity index (χ1) is 8.19. The van der Waals surface area contributed by atoms with Gasteiger partial charge in [-0.05, 0) is 25.2 Å². The molecule has 0 spiro atoms. The Morgan fingerprint density at radius 2 is 1.76 bits per heavy atom. The molecule has 0 aromatic carbocycles. The van der Waals surface area contributed by atoms with E-state index in [4.69, 9.17) is 0 Å². The lowest BCUT2D eigenvalue weighted by atomic mass is 10.2. The molecule has 1 saturated heterocycles. The second kappa shape index (κ2) is 6.89. The van der Waals surface area contributed by atoms with Gasteiger partial charge in [-0.25, -0.2) is 4.39 Å². The number of carbonyl (C=O) groups is 1. The average Bonchev–Trinajstić information content (AvgIpc) is 2.34. The molecule has 94 valence electrons. The predicted octanol–water partition coefficient (Wildman–Crippen LogP) is 2.09. The van der Waals surface area contributed by atoms with Crippen LogP contribution in [0.5, 0.6) is 0 Å². The van der Waals surface area contributed by atoms with Crippen LogP contribution < -0.4 is 0 Å². The molecule has 1 heterocycles. The number of nitrogens with zero attached hydrogens (tertiary/aromatic N) is 2. The molecular formula is C13H19FN2O. The summed E-state index contributed by atoms with van der Waals surface area (Å²) in [5, 5.41) is 0. The van der Waals surface area contributed by atoms with Gasteiger partial charge in [0.2, 0.25) is 5.91 Å². The van der Waals surface area contributed by atoms with Crippen LogP contribution in [0.15, 0.2) is 36.3 Å². The standard InChI is InChI=1S/C13H19FN2O/c1-3-5-13(6-4-7-14)16-10-8-15(9-11-16)12(2)17/h3-7H,8-11H2,1-2H3/b5-3-,7-4-,13-6+. The molecule has 1 aliphatic rings. The number of hydrogen-bond acceptors (Lipinski definition) is 2. The first-order valence-corrected chi connectivity index (χ1v) is 5.79. The van der Waals surface area contributed by atoms with E-state index in [1.807, 2.05) is 24.0 Å². The summed E-state index contributed by atoms with van der Waals surface area (Å²) in [6.07, 6.45) is 7.52. The fourth-order valence-corrected chi connectivity index (χ4v) is 1.85. The second-order valence-corrected chi connectivity index (χ2v) is 3.90. The molecule has 0 aliphatic carbocycles. The normalized spacial score (nSPS) is 18.4. The number of hydrogen-bond donors (Lipinski definition) is 0. The maximum absolute atomic E-state index is 12.0. The van der Waals surface area contributed by atoms with Crippen molar-refractivity contribution in [3.05, 3.63) is 36.3 Å². The van der Waals surface area contributed by atoms with Gasteiger partial charge < -0.3 is 9.80 Å². The van der Waals surface area contributed by atoms with E-state index in [1.54, 1.807) is 13.0 Å². The van der Waals surface area contributed by atoms with Crippen molar-refractivity contribution in [2.24, 2.45) is 0 Å². The summed E-state index contributed by atoms with van der Waals surface area (Å²) in [6.45, 7) is 6.54. The van der Waals surface area contributed by atoms with Crippen molar-refractivity contribution in [2.45, 2.75) is 13.8 Å². The summed E-state index contributed by atoms with van der Waals surface area (Å²) in [4.78, 5) is 15.2. The maximum Gasteiger partial charge on any atom is 0.219 e. The molecule has 1 amide bonds. The van der Waals surface area contributed by atoms with Crippen LogP contribution in [0.2, 0.25) is 0 Å². The summed E-state index contributed by atoms with van der Waals surface area (Å²) < 4.78 is 12.0. The van der Waals surface area contributed by atoms with E-state index < -0.39 is 0 Å². The Balaban J connectivity index is 2.64. The van der Waals surface area contributed by atoms with Gasteiger partial charge in [0.05, 0.1) is 6.33 Å². The van der Waals surface area contributed by atoms with Gasteiger partial charge in [0.25, 0.3) is 0 Å². The van der Waals surface area contributed by atoms with E-state index in [1.165, 1.54) is 6.08 Å². The molecular weight excluding hydrogens is 219 g/mol. The summed E-state index contributed by atoms with van der Waals surface area (Å²) >= 11 is 0. The minimum Gasteiger partial charge on any atom is -0.368 e. The van der Waals surface area contributed by atoms with Gasteiger partial charge in [0.15, 0.2) is 0 Å². The molecule has 0 aromatic heterocycles. The molecule has 4 heteroatoms. The number of allylic oxidation sites excluding steroid dienone is 4. The van der Waals surface area contributed by atoms with E-state index in [-0.39, 0.29) is 5.91 Å². The molecule has 0 radical (unpaired) electrons. The van der Waals surface area contributed by atoms with Gasteiger partial charge in [-0.15, -0.1) is 0 Å². The smallest absolute Gasteiger partial charge is 0.219 e. The van der Waals surface area contributed by atoms with Gasteiger partial charge in [-0.1, -0.05) is 6.08 Å². The van der Waals surface area contributed by atoms with E-state index in [0.29, 0.717) is 6.33 Å². The summed E-state index contributed by atoms with van der Waals surface area (Å²) in [7, 11) is 0. The number of rotatable bonds is 3. The fraction of sp³-hybridized carbons (Fsp3) is 0.462. The van der Waals surface area contributed by atoms with Crippen molar-refractivity contribution in [2.75, 3.05) is 26.2 Å². The molecule has 0 N–H and O–H groups in total. The van der Waals surface area contributed by atoms with E-state index in [9.17, 15) is 9.18 Å². The lowest BCUT2D eigenvalue weighted by Gasteiger charge is -2.36. The lowest BCUT2D eigenvalue weighted by molar-refractivity contribution is -0.130. The topological polar surface area (TPSA) is 23.6 Å². The number of halogens is 1. The minimum atomic E-state index is 0.116. The summed E-state index contributed by atoms with van der Waals surface area (Å²) in [5.74, 6) is 0.116. The summed E-state index contributed by atoms with van der Waals surface area (Å²) in [6, 6.07) is 0. The molecule has 0 bridgehead atoms. The van der Waals surface area contributed by atoms with E-state index in [2.05, 4.69) is 4.90 Å². The van der Waals surface area contributed by atoms with Crippen molar-refractivity contribution in [1.29, 1.82) is 0 Å². The monoisotopic (exact) mass is 238 g/mol. The largest absolute Gasteiger partial charge is 0.368 e. The van der Waals surface area contributed by atoms with Crippen molar-refractivity contribution in [3.63, 3.8) is 0 Å². The Labute approximate surface area is 102 Å².